The fourth-order valence-electron chi connectivity index (χ4n) is 7.86. The van der Waals surface area contributed by atoms with Gasteiger partial charge in [-0.2, -0.15) is 0 Å². The largest absolute Gasteiger partial charge is 0.462 e. The van der Waals surface area contributed by atoms with Gasteiger partial charge in [0, 0.05) is 19.3 Å². The number of unbranched alkanes of at least 4 members (excludes halogenated alkanes) is 34. The Morgan fingerprint density at radius 3 is 0.845 bits per heavy atom. The van der Waals surface area contributed by atoms with Crippen molar-refractivity contribution in [2.75, 3.05) is 13.2 Å². The van der Waals surface area contributed by atoms with E-state index in [1.807, 2.05) is 0 Å². The van der Waals surface area contributed by atoms with E-state index >= 15 is 0 Å². The second-order valence-corrected chi connectivity index (χ2v) is 18.3. The van der Waals surface area contributed by atoms with E-state index in [9.17, 15) is 14.4 Å². The molecule has 0 rings (SSSR count). The number of esters is 3. The highest BCUT2D eigenvalue weighted by molar-refractivity contribution is 5.71. The molecule has 58 heavy (non-hydrogen) atoms. The van der Waals surface area contributed by atoms with Crippen molar-refractivity contribution >= 4 is 17.9 Å². The summed E-state index contributed by atoms with van der Waals surface area (Å²) < 4.78 is 16.8. The van der Waals surface area contributed by atoms with E-state index < -0.39 is 6.10 Å². The van der Waals surface area contributed by atoms with Crippen LogP contribution in [0.3, 0.4) is 0 Å². The maximum atomic E-state index is 12.8. The van der Waals surface area contributed by atoms with Gasteiger partial charge >= 0.3 is 17.9 Å². The second-order valence-electron chi connectivity index (χ2n) is 18.3. The number of carbonyl (C=O) groups excluding carboxylic acids is 3. The van der Waals surface area contributed by atoms with Gasteiger partial charge in [0.05, 0.1) is 0 Å². The van der Waals surface area contributed by atoms with Gasteiger partial charge in [-0.15, -0.1) is 0 Å². The predicted octanol–water partition coefficient (Wildman–Crippen LogP) is 16.7. The van der Waals surface area contributed by atoms with Crippen LogP contribution in [0.25, 0.3) is 0 Å². The Labute approximate surface area is 361 Å². The molecule has 0 spiro atoms. The molecule has 0 N–H and O–H groups in total. The van der Waals surface area contributed by atoms with Crippen molar-refractivity contribution < 1.29 is 28.6 Å². The molecule has 0 saturated carbocycles. The molecule has 0 aromatic heterocycles. The second kappa shape index (κ2) is 46.5. The van der Waals surface area contributed by atoms with E-state index in [0.717, 1.165) is 63.7 Å². The molecule has 0 aliphatic carbocycles. The first-order valence-electron chi connectivity index (χ1n) is 25.9. The third-order valence-electron chi connectivity index (χ3n) is 11.8. The van der Waals surface area contributed by atoms with Crippen LogP contribution in [0.15, 0.2) is 0 Å². The van der Waals surface area contributed by atoms with E-state index in [0.29, 0.717) is 19.3 Å². The number of carbonyl (C=O) groups is 3. The van der Waals surface area contributed by atoms with E-state index in [1.54, 1.807) is 0 Å². The molecule has 0 amide bonds. The summed E-state index contributed by atoms with van der Waals surface area (Å²) in [5.74, 6) is -0.0874. The van der Waals surface area contributed by atoms with Crippen LogP contribution < -0.4 is 0 Å². The summed E-state index contributed by atoms with van der Waals surface area (Å²) in [5, 5.41) is 0. The van der Waals surface area contributed by atoms with Crippen LogP contribution in [0.2, 0.25) is 0 Å². The van der Waals surface area contributed by atoms with Crippen molar-refractivity contribution in [1.82, 2.24) is 0 Å². The molecule has 0 aromatic carbocycles. The normalized spacial score (nSPS) is 11.9. The maximum Gasteiger partial charge on any atom is 0.306 e. The highest BCUT2D eigenvalue weighted by Crippen LogP contribution is 2.17. The highest BCUT2D eigenvalue weighted by Gasteiger charge is 2.19. The Bertz CT molecular complexity index is 872. The van der Waals surface area contributed by atoms with Gasteiger partial charge in [0.25, 0.3) is 0 Å². The molecule has 0 aliphatic heterocycles. The Morgan fingerprint density at radius 2 is 0.569 bits per heavy atom. The van der Waals surface area contributed by atoms with E-state index in [-0.39, 0.29) is 31.1 Å². The lowest BCUT2D eigenvalue weighted by molar-refractivity contribution is -0.167. The minimum Gasteiger partial charge on any atom is -0.462 e. The smallest absolute Gasteiger partial charge is 0.306 e. The minimum atomic E-state index is -0.761. The molecule has 344 valence electrons. The molecule has 6 heteroatoms. The zero-order valence-corrected chi connectivity index (χ0v) is 39.5. The molecule has 0 fully saturated rings. The van der Waals surface area contributed by atoms with Gasteiger partial charge in [0.15, 0.2) is 6.10 Å². The standard InChI is InChI=1S/C52H100O6/c1-5-7-9-11-13-15-17-19-20-21-22-23-24-25-27-29-31-37-41-45-52(55)58-49(47-57-51(54)44-40-36-33-32-34-38-42-48(3)4)46-56-50(53)43-39-35-30-28-26-18-16-14-12-10-8-6-2/h48-49H,5-47H2,1-4H3/t49-/m0/s1. The zero-order valence-electron chi connectivity index (χ0n) is 39.5. The molecule has 0 aliphatic rings. The molecule has 1 atom stereocenters. The predicted molar refractivity (Wildman–Crippen MR) is 247 cm³/mol. The monoisotopic (exact) mass is 821 g/mol. The van der Waals surface area contributed by atoms with Crippen LogP contribution in [-0.4, -0.2) is 37.2 Å². The summed E-state index contributed by atoms with van der Waals surface area (Å²) in [4.78, 5) is 37.8. The van der Waals surface area contributed by atoms with Gasteiger partial charge in [-0.25, -0.2) is 0 Å². The van der Waals surface area contributed by atoms with Crippen LogP contribution in [0.5, 0.6) is 0 Å². The minimum absolute atomic E-state index is 0.0638. The molecule has 0 radical (unpaired) electrons. The van der Waals surface area contributed by atoms with Gasteiger partial charge in [0.2, 0.25) is 0 Å². The van der Waals surface area contributed by atoms with Crippen molar-refractivity contribution in [3.63, 3.8) is 0 Å². The molecule has 0 saturated heterocycles. The van der Waals surface area contributed by atoms with Crippen molar-refractivity contribution in [1.29, 1.82) is 0 Å². The Hall–Kier alpha value is -1.59. The third-order valence-corrected chi connectivity index (χ3v) is 11.8. The number of ether oxygens (including phenoxy) is 3. The first-order chi connectivity index (χ1) is 28.4. The fourth-order valence-corrected chi connectivity index (χ4v) is 7.86. The number of rotatable bonds is 47. The summed E-state index contributed by atoms with van der Waals surface area (Å²) in [5.41, 5.74) is 0. The molecule has 6 nitrogen and oxygen atoms in total. The molecular weight excluding hydrogens is 721 g/mol. The molecule has 0 heterocycles. The van der Waals surface area contributed by atoms with Crippen LogP contribution >= 0.6 is 0 Å². The van der Waals surface area contributed by atoms with E-state index in [2.05, 4.69) is 27.7 Å². The summed E-state index contributed by atoms with van der Waals surface area (Å²) in [6, 6.07) is 0. The Balaban J connectivity index is 4.23. The lowest BCUT2D eigenvalue weighted by atomic mass is 10.0. The first-order valence-corrected chi connectivity index (χ1v) is 25.9. The summed E-state index contributed by atoms with van der Waals surface area (Å²) in [7, 11) is 0. The first kappa shape index (κ1) is 56.4. The Kier molecular flexibility index (Phi) is 45.2. The van der Waals surface area contributed by atoms with Crippen LogP contribution in [0.4, 0.5) is 0 Å². The van der Waals surface area contributed by atoms with Crippen molar-refractivity contribution in [2.45, 2.75) is 297 Å². The van der Waals surface area contributed by atoms with Crippen molar-refractivity contribution in [3.8, 4) is 0 Å². The lowest BCUT2D eigenvalue weighted by Gasteiger charge is -2.18. The average Bonchev–Trinajstić information content (AvgIpc) is 3.21. The van der Waals surface area contributed by atoms with E-state index in [1.165, 1.54) is 186 Å². The fraction of sp³-hybridized carbons (Fsp3) is 0.942. The molecule has 0 bridgehead atoms. The SMILES string of the molecule is CCCCCCCCCCCCCCCCCCCCCC(=O)O[C@@H](COC(=O)CCCCCCCCCCCCCC)COC(=O)CCCCCCCCC(C)C. The molecular formula is C52H100O6. The van der Waals surface area contributed by atoms with E-state index in [4.69, 9.17) is 14.2 Å². The summed E-state index contributed by atoms with van der Waals surface area (Å²) in [6.45, 7) is 8.95. The zero-order chi connectivity index (χ0) is 42.4. The number of hydrogen-bond donors (Lipinski definition) is 0. The lowest BCUT2D eigenvalue weighted by Crippen LogP contribution is -2.30. The van der Waals surface area contributed by atoms with Gasteiger partial charge in [0.1, 0.15) is 13.2 Å². The molecule has 0 unspecified atom stereocenters. The quantitative estimate of drug-likeness (QED) is 0.0346. The number of hydrogen-bond acceptors (Lipinski definition) is 6. The third kappa shape index (κ3) is 45.5. The van der Waals surface area contributed by atoms with Crippen molar-refractivity contribution in [2.24, 2.45) is 5.92 Å². The van der Waals surface area contributed by atoms with Gasteiger partial charge in [-0.1, -0.05) is 252 Å². The summed E-state index contributed by atoms with van der Waals surface area (Å²) >= 11 is 0. The van der Waals surface area contributed by atoms with Crippen LogP contribution in [0, 0.1) is 5.92 Å². The average molecular weight is 821 g/mol. The topological polar surface area (TPSA) is 78.9 Å². The highest BCUT2D eigenvalue weighted by atomic mass is 16.6. The van der Waals surface area contributed by atoms with Crippen LogP contribution in [0.1, 0.15) is 291 Å². The van der Waals surface area contributed by atoms with Crippen molar-refractivity contribution in [3.05, 3.63) is 0 Å². The van der Waals surface area contributed by atoms with Gasteiger partial charge < -0.3 is 14.2 Å². The van der Waals surface area contributed by atoms with Gasteiger partial charge in [-0.3, -0.25) is 14.4 Å². The maximum absolute atomic E-state index is 12.8. The molecule has 0 aromatic rings. The van der Waals surface area contributed by atoms with Gasteiger partial charge in [-0.05, 0) is 25.2 Å². The summed E-state index contributed by atoms with van der Waals surface area (Å²) in [6.07, 6.45) is 48.2. The van der Waals surface area contributed by atoms with Crippen LogP contribution in [-0.2, 0) is 28.6 Å². The Morgan fingerprint density at radius 1 is 0.328 bits per heavy atom.